The van der Waals surface area contributed by atoms with E-state index in [-0.39, 0.29) is 17.7 Å². The van der Waals surface area contributed by atoms with E-state index < -0.39 is 0 Å². The van der Waals surface area contributed by atoms with E-state index >= 15 is 0 Å². The summed E-state index contributed by atoms with van der Waals surface area (Å²) in [4.78, 5) is 14.8. The van der Waals surface area contributed by atoms with Crippen LogP contribution in [0.15, 0.2) is 47.2 Å². The summed E-state index contributed by atoms with van der Waals surface area (Å²) in [5.41, 5.74) is 2.54. The second-order valence-electron chi connectivity index (χ2n) is 6.41. The van der Waals surface area contributed by atoms with Crippen molar-refractivity contribution in [1.82, 2.24) is 19.8 Å². The van der Waals surface area contributed by atoms with E-state index in [0.717, 1.165) is 29.7 Å². The first-order chi connectivity index (χ1) is 12.7. The van der Waals surface area contributed by atoms with Crippen molar-refractivity contribution in [3.8, 4) is 17.0 Å². The van der Waals surface area contributed by atoms with Gasteiger partial charge in [0.2, 0.25) is 5.76 Å². The maximum atomic E-state index is 13.0. The van der Waals surface area contributed by atoms with Crippen molar-refractivity contribution in [3.05, 3.63) is 54.0 Å². The first-order valence-electron chi connectivity index (χ1n) is 8.56. The van der Waals surface area contributed by atoms with Gasteiger partial charge in [-0.1, -0.05) is 17.3 Å². The van der Waals surface area contributed by atoms with Gasteiger partial charge in [0.25, 0.3) is 5.91 Å². The number of benzene rings is 1. The zero-order valence-electron chi connectivity index (χ0n) is 14.8. The standard InChI is InChI=1S/C19H20N4O3/c1-22-12-14(11-20-22)16-10-18(26-21-16)19(24)23-9-3-4-17(23)13-5-7-15(25-2)8-6-13/h5-8,10-12,17H,3-4,9H2,1-2H3. The number of amides is 1. The lowest BCUT2D eigenvalue weighted by molar-refractivity contribution is 0.0693. The van der Waals surface area contributed by atoms with Crippen molar-refractivity contribution < 1.29 is 14.1 Å². The third kappa shape index (κ3) is 2.96. The van der Waals surface area contributed by atoms with Crippen LogP contribution in [0.4, 0.5) is 0 Å². The number of hydrogen-bond donors (Lipinski definition) is 0. The van der Waals surface area contributed by atoms with Crippen molar-refractivity contribution in [3.63, 3.8) is 0 Å². The molecule has 1 saturated heterocycles. The van der Waals surface area contributed by atoms with E-state index in [1.54, 1.807) is 24.1 Å². The van der Waals surface area contributed by atoms with E-state index in [4.69, 9.17) is 9.26 Å². The molecule has 0 spiro atoms. The molecule has 1 aliphatic heterocycles. The summed E-state index contributed by atoms with van der Waals surface area (Å²) in [5, 5.41) is 8.14. The largest absolute Gasteiger partial charge is 0.497 e. The van der Waals surface area contributed by atoms with E-state index in [1.807, 2.05) is 42.4 Å². The van der Waals surface area contributed by atoms with E-state index in [9.17, 15) is 4.79 Å². The van der Waals surface area contributed by atoms with Gasteiger partial charge in [-0.05, 0) is 30.5 Å². The predicted molar refractivity (Wildman–Crippen MR) is 94.7 cm³/mol. The molecule has 1 atom stereocenters. The Kier molecular flexibility index (Phi) is 4.20. The molecular formula is C19H20N4O3. The van der Waals surface area contributed by atoms with E-state index in [0.29, 0.717) is 12.2 Å². The maximum absolute atomic E-state index is 13.0. The van der Waals surface area contributed by atoms with Gasteiger partial charge in [-0.2, -0.15) is 5.10 Å². The SMILES string of the molecule is COc1ccc(C2CCCN2C(=O)c2cc(-c3cnn(C)c3)no2)cc1. The third-order valence-electron chi connectivity index (χ3n) is 4.74. The maximum Gasteiger partial charge on any atom is 0.292 e. The summed E-state index contributed by atoms with van der Waals surface area (Å²) >= 11 is 0. The quantitative estimate of drug-likeness (QED) is 0.721. The molecule has 0 radical (unpaired) electrons. The topological polar surface area (TPSA) is 73.4 Å². The smallest absolute Gasteiger partial charge is 0.292 e. The molecule has 4 rings (SSSR count). The molecular weight excluding hydrogens is 332 g/mol. The Balaban J connectivity index is 1.55. The van der Waals surface area contributed by atoms with Crippen LogP contribution in [0.3, 0.4) is 0 Å². The number of aromatic nitrogens is 3. The van der Waals surface area contributed by atoms with Crippen LogP contribution >= 0.6 is 0 Å². The highest BCUT2D eigenvalue weighted by atomic mass is 16.5. The van der Waals surface area contributed by atoms with Crippen molar-refractivity contribution in [2.24, 2.45) is 7.05 Å². The molecule has 7 heteroatoms. The fourth-order valence-electron chi connectivity index (χ4n) is 3.39. The number of likely N-dealkylation sites (tertiary alicyclic amines) is 1. The van der Waals surface area contributed by atoms with Gasteiger partial charge in [-0.25, -0.2) is 0 Å². The number of aryl methyl sites for hydroxylation is 1. The highest BCUT2D eigenvalue weighted by molar-refractivity contribution is 5.92. The Morgan fingerprint density at radius 1 is 1.31 bits per heavy atom. The molecule has 1 unspecified atom stereocenters. The summed E-state index contributed by atoms with van der Waals surface area (Å²) in [6, 6.07) is 9.59. The van der Waals surface area contributed by atoms with E-state index in [2.05, 4.69) is 10.3 Å². The van der Waals surface area contributed by atoms with Crippen LogP contribution in [0.25, 0.3) is 11.3 Å². The van der Waals surface area contributed by atoms with Crippen molar-refractivity contribution in [1.29, 1.82) is 0 Å². The molecule has 0 aliphatic carbocycles. The molecule has 3 aromatic rings. The fourth-order valence-corrected chi connectivity index (χ4v) is 3.39. The second-order valence-corrected chi connectivity index (χ2v) is 6.41. The number of carbonyl (C=O) groups is 1. The molecule has 3 heterocycles. The highest BCUT2D eigenvalue weighted by Gasteiger charge is 2.32. The number of carbonyl (C=O) groups excluding carboxylic acids is 1. The molecule has 7 nitrogen and oxygen atoms in total. The summed E-state index contributed by atoms with van der Waals surface area (Å²) < 4.78 is 12.2. The van der Waals surface area contributed by atoms with Gasteiger partial charge >= 0.3 is 0 Å². The summed E-state index contributed by atoms with van der Waals surface area (Å²) in [6.45, 7) is 0.707. The Labute approximate surface area is 151 Å². The third-order valence-corrected chi connectivity index (χ3v) is 4.74. The van der Waals surface area contributed by atoms with Crippen LogP contribution < -0.4 is 4.74 Å². The van der Waals surface area contributed by atoms with Gasteiger partial charge in [0.05, 0.1) is 19.3 Å². The Morgan fingerprint density at radius 2 is 2.12 bits per heavy atom. The highest BCUT2D eigenvalue weighted by Crippen LogP contribution is 2.34. The zero-order chi connectivity index (χ0) is 18.1. The molecule has 0 saturated carbocycles. The van der Waals surface area contributed by atoms with E-state index in [1.165, 1.54) is 0 Å². The van der Waals surface area contributed by atoms with Crippen LogP contribution in [0.1, 0.15) is 35.0 Å². The van der Waals surface area contributed by atoms with Crippen molar-refractivity contribution >= 4 is 5.91 Å². The van der Waals surface area contributed by atoms with Gasteiger partial charge in [-0.15, -0.1) is 0 Å². The average molecular weight is 352 g/mol. The molecule has 0 bridgehead atoms. The summed E-state index contributed by atoms with van der Waals surface area (Å²) in [5.74, 6) is 0.927. The monoisotopic (exact) mass is 352 g/mol. The molecule has 26 heavy (non-hydrogen) atoms. The minimum atomic E-state index is -0.133. The van der Waals surface area contributed by atoms with Crippen LogP contribution in [0.2, 0.25) is 0 Å². The van der Waals surface area contributed by atoms with Crippen molar-refractivity contribution in [2.75, 3.05) is 13.7 Å². The number of ether oxygens (including phenoxy) is 1. The molecule has 1 aliphatic rings. The second kappa shape index (κ2) is 6.67. The molecule has 2 aromatic heterocycles. The number of nitrogens with zero attached hydrogens (tertiary/aromatic N) is 4. The van der Waals surface area contributed by atoms with Gasteiger partial charge < -0.3 is 14.2 Å². The Morgan fingerprint density at radius 3 is 2.81 bits per heavy atom. The van der Waals surface area contributed by atoms with Crippen LogP contribution in [-0.2, 0) is 7.05 Å². The lowest BCUT2D eigenvalue weighted by atomic mass is 10.0. The van der Waals surface area contributed by atoms with Crippen LogP contribution in [0, 0.1) is 0 Å². The fraction of sp³-hybridized carbons (Fsp3) is 0.316. The van der Waals surface area contributed by atoms with Gasteiger partial charge in [0.1, 0.15) is 11.4 Å². The first-order valence-corrected chi connectivity index (χ1v) is 8.56. The minimum Gasteiger partial charge on any atom is -0.497 e. The van der Waals surface area contributed by atoms with Gasteiger partial charge in [0.15, 0.2) is 0 Å². The summed E-state index contributed by atoms with van der Waals surface area (Å²) in [6.07, 6.45) is 5.43. The van der Waals surface area contributed by atoms with Crippen molar-refractivity contribution in [2.45, 2.75) is 18.9 Å². The number of methoxy groups -OCH3 is 1. The molecule has 0 N–H and O–H groups in total. The Bertz CT molecular complexity index is 913. The first kappa shape index (κ1) is 16.4. The predicted octanol–water partition coefficient (Wildman–Crippen LogP) is 3.06. The lowest BCUT2D eigenvalue weighted by Crippen LogP contribution is -2.30. The van der Waals surface area contributed by atoms with Crippen LogP contribution in [-0.4, -0.2) is 39.4 Å². The summed E-state index contributed by atoms with van der Waals surface area (Å²) in [7, 11) is 3.48. The molecule has 1 aromatic carbocycles. The zero-order valence-corrected chi connectivity index (χ0v) is 14.8. The molecule has 1 amide bonds. The van der Waals surface area contributed by atoms with Gasteiger partial charge in [0, 0.05) is 31.4 Å². The van der Waals surface area contributed by atoms with Crippen LogP contribution in [0.5, 0.6) is 5.75 Å². The Hall–Kier alpha value is -3.09. The van der Waals surface area contributed by atoms with Gasteiger partial charge in [-0.3, -0.25) is 9.48 Å². The average Bonchev–Trinajstić information content (AvgIpc) is 3.41. The molecule has 1 fully saturated rings. The number of rotatable bonds is 4. The normalized spacial score (nSPS) is 16.8. The lowest BCUT2D eigenvalue weighted by Gasteiger charge is -2.24. The molecule has 134 valence electrons. The minimum absolute atomic E-state index is 0.0420. The number of hydrogen-bond acceptors (Lipinski definition) is 5.